The standard InChI is InChI=1S/C17H23N7O/c1-4-13-21-22-14(25-13)10-23(2)16-12-9-18-24(3)17(12)20-15(19-16)11-7-5-6-8-11/h9,11H,4-8,10H2,1-3H3. The number of anilines is 1. The summed E-state index contributed by atoms with van der Waals surface area (Å²) in [5.41, 5.74) is 0.874. The lowest BCUT2D eigenvalue weighted by molar-refractivity contribution is 0.452. The smallest absolute Gasteiger partial charge is 0.235 e. The summed E-state index contributed by atoms with van der Waals surface area (Å²) in [6, 6.07) is 0. The monoisotopic (exact) mass is 341 g/mol. The van der Waals surface area contributed by atoms with Crippen LogP contribution in [0.2, 0.25) is 0 Å². The topological polar surface area (TPSA) is 85.8 Å². The van der Waals surface area contributed by atoms with Crippen LogP contribution in [-0.2, 0) is 20.0 Å². The number of rotatable bonds is 5. The second kappa shape index (κ2) is 6.42. The predicted molar refractivity (Wildman–Crippen MR) is 93.3 cm³/mol. The molecule has 1 fully saturated rings. The van der Waals surface area contributed by atoms with E-state index in [0.717, 1.165) is 41.9 Å². The Kier molecular flexibility index (Phi) is 4.10. The van der Waals surface area contributed by atoms with Gasteiger partial charge >= 0.3 is 0 Å². The highest BCUT2D eigenvalue weighted by Gasteiger charge is 2.24. The molecule has 3 aromatic heterocycles. The van der Waals surface area contributed by atoms with Gasteiger partial charge in [-0.1, -0.05) is 19.8 Å². The molecule has 8 heteroatoms. The van der Waals surface area contributed by atoms with E-state index in [-0.39, 0.29) is 0 Å². The lowest BCUT2D eigenvalue weighted by Crippen LogP contribution is -2.20. The van der Waals surface area contributed by atoms with Crippen molar-refractivity contribution in [2.75, 3.05) is 11.9 Å². The molecular weight excluding hydrogens is 318 g/mol. The molecule has 0 aromatic carbocycles. The van der Waals surface area contributed by atoms with Gasteiger partial charge in [0.2, 0.25) is 11.8 Å². The molecule has 0 bridgehead atoms. The van der Waals surface area contributed by atoms with Gasteiger partial charge in [0.1, 0.15) is 11.6 Å². The van der Waals surface area contributed by atoms with E-state index < -0.39 is 0 Å². The molecule has 1 saturated carbocycles. The SMILES string of the molecule is CCc1nnc(CN(C)c2nc(C3CCCC3)nc3c2cnn3C)o1. The zero-order valence-electron chi connectivity index (χ0n) is 14.9. The molecule has 0 amide bonds. The summed E-state index contributed by atoms with van der Waals surface area (Å²) in [7, 11) is 3.91. The van der Waals surface area contributed by atoms with Crippen molar-refractivity contribution in [1.29, 1.82) is 0 Å². The minimum atomic E-state index is 0.446. The van der Waals surface area contributed by atoms with E-state index in [1.54, 1.807) is 0 Å². The van der Waals surface area contributed by atoms with E-state index in [1.165, 1.54) is 12.8 Å². The number of hydrogen-bond donors (Lipinski definition) is 0. The van der Waals surface area contributed by atoms with Crippen molar-refractivity contribution >= 4 is 16.9 Å². The van der Waals surface area contributed by atoms with E-state index in [9.17, 15) is 0 Å². The highest BCUT2D eigenvalue weighted by atomic mass is 16.4. The fourth-order valence-corrected chi connectivity index (χ4v) is 3.45. The molecule has 25 heavy (non-hydrogen) atoms. The number of aryl methyl sites for hydroxylation is 2. The molecule has 0 unspecified atom stereocenters. The molecule has 3 heterocycles. The van der Waals surface area contributed by atoms with Crippen molar-refractivity contribution in [2.24, 2.45) is 7.05 Å². The number of nitrogens with zero attached hydrogens (tertiary/aromatic N) is 7. The van der Waals surface area contributed by atoms with Crippen LogP contribution in [-0.4, -0.2) is 37.0 Å². The van der Waals surface area contributed by atoms with Gasteiger partial charge in [0.15, 0.2) is 5.65 Å². The maximum absolute atomic E-state index is 5.64. The van der Waals surface area contributed by atoms with Gasteiger partial charge in [0, 0.05) is 26.4 Å². The molecule has 0 saturated heterocycles. The highest BCUT2D eigenvalue weighted by Crippen LogP contribution is 2.34. The van der Waals surface area contributed by atoms with Crippen molar-refractivity contribution in [3.8, 4) is 0 Å². The summed E-state index contributed by atoms with van der Waals surface area (Å²) in [5.74, 6) is 3.50. The largest absolute Gasteiger partial charge is 0.423 e. The first-order chi connectivity index (χ1) is 12.2. The fraction of sp³-hybridized carbons (Fsp3) is 0.588. The quantitative estimate of drug-likeness (QED) is 0.705. The van der Waals surface area contributed by atoms with Crippen molar-refractivity contribution in [1.82, 2.24) is 29.9 Å². The van der Waals surface area contributed by atoms with Crippen LogP contribution in [0.3, 0.4) is 0 Å². The first kappa shape index (κ1) is 16.0. The minimum absolute atomic E-state index is 0.446. The Hall–Kier alpha value is -2.51. The Morgan fingerprint density at radius 1 is 1.20 bits per heavy atom. The lowest BCUT2D eigenvalue weighted by Gasteiger charge is -2.19. The molecule has 0 atom stereocenters. The molecular formula is C17H23N7O. The van der Waals surface area contributed by atoms with E-state index in [4.69, 9.17) is 14.4 Å². The van der Waals surface area contributed by atoms with Gasteiger partial charge in [-0.05, 0) is 12.8 Å². The summed E-state index contributed by atoms with van der Waals surface area (Å²) < 4.78 is 7.46. The Labute approximate surface area is 146 Å². The average molecular weight is 341 g/mol. The zero-order chi connectivity index (χ0) is 17.4. The second-order valence-electron chi connectivity index (χ2n) is 6.69. The maximum Gasteiger partial charge on any atom is 0.235 e. The highest BCUT2D eigenvalue weighted by molar-refractivity contribution is 5.86. The summed E-state index contributed by atoms with van der Waals surface area (Å²) in [5, 5.41) is 13.5. The van der Waals surface area contributed by atoms with Crippen LogP contribution < -0.4 is 4.90 Å². The number of aromatic nitrogens is 6. The van der Waals surface area contributed by atoms with Crippen LogP contribution in [0, 0.1) is 0 Å². The fourth-order valence-electron chi connectivity index (χ4n) is 3.45. The number of hydrogen-bond acceptors (Lipinski definition) is 7. The zero-order valence-corrected chi connectivity index (χ0v) is 14.9. The molecule has 4 rings (SSSR count). The predicted octanol–water partition coefficient (Wildman–Crippen LogP) is 2.60. The van der Waals surface area contributed by atoms with Crippen LogP contribution in [0.1, 0.15) is 56.1 Å². The van der Waals surface area contributed by atoms with Crippen molar-refractivity contribution in [3.63, 3.8) is 0 Å². The molecule has 0 N–H and O–H groups in total. The Morgan fingerprint density at radius 3 is 2.68 bits per heavy atom. The Morgan fingerprint density at radius 2 is 1.96 bits per heavy atom. The van der Waals surface area contributed by atoms with Gasteiger partial charge in [0.25, 0.3) is 0 Å². The molecule has 1 aliphatic carbocycles. The van der Waals surface area contributed by atoms with Gasteiger partial charge in [-0.3, -0.25) is 4.68 Å². The molecule has 8 nitrogen and oxygen atoms in total. The number of fused-ring (bicyclic) bond motifs is 1. The van der Waals surface area contributed by atoms with E-state index in [1.807, 2.05) is 36.8 Å². The van der Waals surface area contributed by atoms with Gasteiger partial charge in [-0.25, -0.2) is 9.97 Å². The van der Waals surface area contributed by atoms with Crippen molar-refractivity contribution in [3.05, 3.63) is 23.8 Å². The second-order valence-corrected chi connectivity index (χ2v) is 6.69. The summed E-state index contributed by atoms with van der Waals surface area (Å²) >= 11 is 0. The Bertz CT molecular complexity index is 878. The molecule has 1 aliphatic rings. The van der Waals surface area contributed by atoms with E-state index in [2.05, 4.69) is 15.3 Å². The van der Waals surface area contributed by atoms with Gasteiger partial charge in [0.05, 0.1) is 18.1 Å². The third-order valence-corrected chi connectivity index (χ3v) is 4.85. The van der Waals surface area contributed by atoms with Crippen LogP contribution >= 0.6 is 0 Å². The summed E-state index contributed by atoms with van der Waals surface area (Å²) in [6.45, 7) is 2.51. The van der Waals surface area contributed by atoms with Crippen molar-refractivity contribution < 1.29 is 4.42 Å². The minimum Gasteiger partial charge on any atom is -0.423 e. The summed E-state index contributed by atoms with van der Waals surface area (Å²) in [4.78, 5) is 11.7. The third kappa shape index (κ3) is 2.96. The van der Waals surface area contributed by atoms with E-state index in [0.29, 0.717) is 24.2 Å². The third-order valence-electron chi connectivity index (χ3n) is 4.85. The first-order valence-corrected chi connectivity index (χ1v) is 8.87. The normalized spacial score (nSPS) is 15.3. The van der Waals surface area contributed by atoms with Gasteiger partial charge < -0.3 is 9.32 Å². The molecule has 132 valence electrons. The molecule has 0 spiro atoms. The first-order valence-electron chi connectivity index (χ1n) is 8.87. The molecule has 3 aromatic rings. The molecule has 0 radical (unpaired) electrons. The van der Waals surface area contributed by atoms with Crippen LogP contribution in [0.5, 0.6) is 0 Å². The molecule has 0 aliphatic heterocycles. The van der Waals surface area contributed by atoms with Crippen LogP contribution in [0.15, 0.2) is 10.6 Å². The van der Waals surface area contributed by atoms with Crippen LogP contribution in [0.25, 0.3) is 11.0 Å². The average Bonchev–Trinajstić information content (AvgIpc) is 3.35. The van der Waals surface area contributed by atoms with Gasteiger partial charge in [-0.15, -0.1) is 10.2 Å². The van der Waals surface area contributed by atoms with Crippen LogP contribution in [0.4, 0.5) is 5.82 Å². The lowest BCUT2D eigenvalue weighted by atomic mass is 10.1. The van der Waals surface area contributed by atoms with Gasteiger partial charge in [-0.2, -0.15) is 5.10 Å². The summed E-state index contributed by atoms with van der Waals surface area (Å²) in [6.07, 6.45) is 7.40. The van der Waals surface area contributed by atoms with E-state index >= 15 is 0 Å². The maximum atomic E-state index is 5.64. The van der Waals surface area contributed by atoms with Crippen molar-refractivity contribution in [2.45, 2.75) is 51.5 Å². The Balaban J connectivity index is 1.71.